The lowest BCUT2D eigenvalue weighted by atomic mass is 10.1. The first-order valence-corrected chi connectivity index (χ1v) is 8.20. The average Bonchev–Trinajstić information content (AvgIpc) is 2.87. The largest absolute Gasteiger partial charge is 0.486 e. The number of benzene rings is 1. The fourth-order valence-electron chi connectivity index (χ4n) is 1.98. The van der Waals surface area contributed by atoms with E-state index in [0.717, 1.165) is 29.4 Å². The first kappa shape index (κ1) is 16.0. The molecule has 0 saturated carbocycles. The van der Waals surface area contributed by atoms with Gasteiger partial charge >= 0.3 is 0 Å². The minimum atomic E-state index is 0.541. The summed E-state index contributed by atoms with van der Waals surface area (Å²) >= 11 is 1.72. The first-order chi connectivity index (χ1) is 10.0. The number of nitrogens with zero attached hydrogens (tertiary/aromatic N) is 1. The van der Waals surface area contributed by atoms with Gasteiger partial charge in [0, 0.05) is 17.6 Å². The molecule has 3 nitrogen and oxygen atoms in total. The summed E-state index contributed by atoms with van der Waals surface area (Å²) in [6.07, 6.45) is 1.94. The molecular formula is C17H24N2OS. The highest BCUT2D eigenvalue weighted by Gasteiger charge is 2.05. The van der Waals surface area contributed by atoms with Crippen molar-refractivity contribution in [3.63, 3.8) is 0 Å². The van der Waals surface area contributed by atoms with Crippen molar-refractivity contribution in [2.24, 2.45) is 5.92 Å². The van der Waals surface area contributed by atoms with Crippen molar-refractivity contribution in [2.75, 3.05) is 6.54 Å². The Morgan fingerprint density at radius 3 is 2.86 bits per heavy atom. The van der Waals surface area contributed by atoms with Gasteiger partial charge in [0.05, 0.1) is 0 Å². The Labute approximate surface area is 131 Å². The highest BCUT2D eigenvalue weighted by molar-refractivity contribution is 7.11. The van der Waals surface area contributed by atoms with Crippen LogP contribution in [-0.2, 0) is 13.2 Å². The van der Waals surface area contributed by atoms with Crippen LogP contribution >= 0.6 is 11.3 Å². The van der Waals surface area contributed by atoms with E-state index in [1.54, 1.807) is 11.3 Å². The lowest BCUT2D eigenvalue weighted by Crippen LogP contribution is -2.18. The third kappa shape index (κ3) is 5.14. The van der Waals surface area contributed by atoms with Gasteiger partial charge in [0.2, 0.25) is 0 Å². The maximum Gasteiger partial charge on any atom is 0.140 e. The minimum absolute atomic E-state index is 0.541. The predicted octanol–water partition coefficient (Wildman–Crippen LogP) is 4.08. The second-order valence-electron chi connectivity index (χ2n) is 5.80. The summed E-state index contributed by atoms with van der Waals surface area (Å²) in [4.78, 5) is 5.69. The lowest BCUT2D eigenvalue weighted by Gasteiger charge is -2.08. The Hall–Kier alpha value is -1.39. The molecule has 2 aromatic rings. The predicted molar refractivity (Wildman–Crippen MR) is 88.9 cm³/mol. The quantitative estimate of drug-likeness (QED) is 0.837. The van der Waals surface area contributed by atoms with Gasteiger partial charge in [-0.05, 0) is 43.5 Å². The summed E-state index contributed by atoms with van der Waals surface area (Å²) in [7, 11) is 0. The molecule has 1 aromatic carbocycles. The molecule has 21 heavy (non-hydrogen) atoms. The van der Waals surface area contributed by atoms with Crippen LogP contribution in [0.15, 0.2) is 24.4 Å². The molecule has 0 bridgehead atoms. The Balaban J connectivity index is 1.86. The summed E-state index contributed by atoms with van der Waals surface area (Å²) in [5, 5.41) is 4.46. The van der Waals surface area contributed by atoms with Crippen LogP contribution in [0, 0.1) is 19.8 Å². The fourth-order valence-corrected chi connectivity index (χ4v) is 2.79. The number of ether oxygens (including phenoxy) is 1. The third-order valence-corrected chi connectivity index (χ3v) is 4.12. The van der Waals surface area contributed by atoms with Crippen LogP contribution in [0.5, 0.6) is 5.75 Å². The van der Waals surface area contributed by atoms with Gasteiger partial charge in [-0.3, -0.25) is 0 Å². The maximum atomic E-state index is 5.89. The van der Waals surface area contributed by atoms with Crippen molar-refractivity contribution < 1.29 is 4.74 Å². The van der Waals surface area contributed by atoms with E-state index in [1.165, 1.54) is 10.4 Å². The van der Waals surface area contributed by atoms with Crippen molar-refractivity contribution in [1.29, 1.82) is 0 Å². The molecule has 1 N–H and O–H groups in total. The zero-order chi connectivity index (χ0) is 15.2. The smallest absolute Gasteiger partial charge is 0.140 e. The monoisotopic (exact) mass is 304 g/mol. The summed E-state index contributed by atoms with van der Waals surface area (Å²) in [5.74, 6) is 1.62. The van der Waals surface area contributed by atoms with Crippen molar-refractivity contribution in [3.05, 3.63) is 45.4 Å². The molecule has 0 saturated heterocycles. The van der Waals surface area contributed by atoms with E-state index in [0.29, 0.717) is 12.5 Å². The molecule has 0 aliphatic heterocycles. The third-order valence-electron chi connectivity index (χ3n) is 3.15. The topological polar surface area (TPSA) is 34.1 Å². The van der Waals surface area contributed by atoms with Crippen LogP contribution in [-0.4, -0.2) is 11.5 Å². The molecule has 0 amide bonds. The zero-order valence-corrected chi connectivity index (χ0v) is 14.1. The van der Waals surface area contributed by atoms with E-state index in [1.807, 2.05) is 6.20 Å². The first-order valence-electron chi connectivity index (χ1n) is 7.39. The molecule has 0 aliphatic carbocycles. The molecule has 1 heterocycles. The van der Waals surface area contributed by atoms with Gasteiger partial charge in [-0.1, -0.05) is 26.0 Å². The van der Waals surface area contributed by atoms with Gasteiger partial charge < -0.3 is 10.1 Å². The fraction of sp³-hybridized carbons (Fsp3) is 0.471. The normalized spacial score (nSPS) is 11.1. The summed E-state index contributed by atoms with van der Waals surface area (Å²) in [6, 6.07) is 6.27. The molecule has 0 spiro atoms. The van der Waals surface area contributed by atoms with Crippen molar-refractivity contribution in [2.45, 2.75) is 40.8 Å². The standard InChI is InChI=1S/C17H24N2OS/c1-12(2)8-18-9-15-10-19-17(21-15)11-20-16-7-13(3)5-6-14(16)4/h5-7,10,12,18H,8-9,11H2,1-4H3. The highest BCUT2D eigenvalue weighted by Crippen LogP contribution is 2.21. The minimum Gasteiger partial charge on any atom is -0.486 e. The molecular weight excluding hydrogens is 280 g/mol. The van der Waals surface area contributed by atoms with Crippen LogP contribution in [0.4, 0.5) is 0 Å². The second-order valence-corrected chi connectivity index (χ2v) is 7.00. The highest BCUT2D eigenvalue weighted by atomic mass is 32.1. The van der Waals surface area contributed by atoms with E-state index in [9.17, 15) is 0 Å². The molecule has 0 atom stereocenters. The van der Waals surface area contributed by atoms with Gasteiger partial charge in [0.25, 0.3) is 0 Å². The maximum absolute atomic E-state index is 5.89. The van der Waals surface area contributed by atoms with E-state index < -0.39 is 0 Å². The molecule has 2 rings (SSSR count). The van der Waals surface area contributed by atoms with Crippen LogP contribution in [0.25, 0.3) is 0 Å². The SMILES string of the molecule is Cc1ccc(C)c(OCc2ncc(CNCC(C)C)s2)c1. The van der Waals surface area contributed by atoms with Crippen LogP contribution in [0.3, 0.4) is 0 Å². The second kappa shape index (κ2) is 7.57. The van der Waals surface area contributed by atoms with E-state index in [-0.39, 0.29) is 0 Å². The zero-order valence-electron chi connectivity index (χ0n) is 13.3. The molecule has 114 valence electrons. The number of hydrogen-bond donors (Lipinski definition) is 1. The van der Waals surface area contributed by atoms with Crippen molar-refractivity contribution >= 4 is 11.3 Å². The molecule has 4 heteroatoms. The van der Waals surface area contributed by atoms with Crippen molar-refractivity contribution in [3.8, 4) is 5.75 Å². The number of thiazole rings is 1. The van der Waals surface area contributed by atoms with E-state index >= 15 is 0 Å². The van der Waals surface area contributed by atoms with E-state index in [2.05, 4.69) is 56.2 Å². The Bertz CT molecular complexity index is 578. The number of aromatic nitrogens is 1. The van der Waals surface area contributed by atoms with Gasteiger partial charge in [0.15, 0.2) is 0 Å². The van der Waals surface area contributed by atoms with Crippen LogP contribution in [0.2, 0.25) is 0 Å². The molecule has 0 aliphatic rings. The van der Waals surface area contributed by atoms with Crippen LogP contribution < -0.4 is 10.1 Å². The molecule has 1 aromatic heterocycles. The number of rotatable bonds is 7. The van der Waals surface area contributed by atoms with Gasteiger partial charge in [-0.2, -0.15) is 0 Å². The Morgan fingerprint density at radius 1 is 1.29 bits per heavy atom. The number of aryl methyl sites for hydroxylation is 2. The van der Waals surface area contributed by atoms with Crippen molar-refractivity contribution in [1.82, 2.24) is 10.3 Å². The number of hydrogen-bond acceptors (Lipinski definition) is 4. The van der Waals surface area contributed by atoms with Gasteiger partial charge in [0.1, 0.15) is 17.4 Å². The summed E-state index contributed by atoms with van der Waals surface area (Å²) in [6.45, 7) is 11.0. The Kier molecular flexibility index (Phi) is 5.76. The van der Waals surface area contributed by atoms with Crippen LogP contribution in [0.1, 0.15) is 34.9 Å². The van der Waals surface area contributed by atoms with Gasteiger partial charge in [-0.25, -0.2) is 4.98 Å². The summed E-state index contributed by atoms with van der Waals surface area (Å²) < 4.78 is 5.89. The Morgan fingerprint density at radius 2 is 2.10 bits per heavy atom. The number of nitrogens with one attached hydrogen (secondary N) is 1. The molecule has 0 fully saturated rings. The summed E-state index contributed by atoms with van der Waals surface area (Å²) in [5.41, 5.74) is 2.38. The van der Waals surface area contributed by atoms with E-state index in [4.69, 9.17) is 4.74 Å². The average molecular weight is 304 g/mol. The molecule has 0 unspecified atom stereocenters. The molecule has 0 radical (unpaired) electrons. The lowest BCUT2D eigenvalue weighted by molar-refractivity contribution is 0.303. The van der Waals surface area contributed by atoms with Gasteiger partial charge in [-0.15, -0.1) is 11.3 Å².